The molecule has 4 aromatic rings. The maximum Gasteiger partial charge on any atom is 0.261 e. The van der Waals surface area contributed by atoms with Gasteiger partial charge in [0.15, 0.2) is 0 Å². The molecule has 32 heavy (non-hydrogen) atoms. The second-order valence-electron chi connectivity index (χ2n) is 7.04. The lowest BCUT2D eigenvalue weighted by Crippen LogP contribution is -2.14. The van der Waals surface area contributed by atoms with Crippen molar-refractivity contribution in [3.8, 4) is 11.1 Å². The number of nitrogens with one attached hydrogen (secondary N) is 2. The number of halogens is 1. The summed E-state index contributed by atoms with van der Waals surface area (Å²) in [4.78, 5) is 12.6. The minimum Gasteiger partial charge on any atom is -0.322 e. The van der Waals surface area contributed by atoms with Gasteiger partial charge in [-0.1, -0.05) is 60.1 Å². The Bertz CT molecular complexity index is 1340. The number of carbonyl (C=O) groups is 1. The van der Waals surface area contributed by atoms with Crippen molar-refractivity contribution < 1.29 is 13.2 Å². The zero-order valence-electron chi connectivity index (χ0n) is 16.8. The molecule has 0 heterocycles. The first kappa shape index (κ1) is 21.6. The fourth-order valence-electron chi connectivity index (χ4n) is 3.13. The Balaban J connectivity index is 1.43. The van der Waals surface area contributed by atoms with Crippen LogP contribution < -0.4 is 10.0 Å². The number of hydrogen-bond donors (Lipinski definition) is 2. The fourth-order valence-corrected chi connectivity index (χ4v) is 4.37. The lowest BCUT2D eigenvalue weighted by Gasteiger charge is -2.10. The molecular weight excluding hydrogens is 444 g/mol. The first-order valence-corrected chi connectivity index (χ1v) is 11.6. The molecule has 0 saturated heterocycles. The highest BCUT2D eigenvalue weighted by Crippen LogP contribution is 2.22. The summed E-state index contributed by atoms with van der Waals surface area (Å²) in [6, 6.07) is 29.6. The molecule has 4 aromatic carbocycles. The first-order chi connectivity index (χ1) is 15.4. The van der Waals surface area contributed by atoms with E-state index >= 15 is 0 Å². The van der Waals surface area contributed by atoms with Gasteiger partial charge >= 0.3 is 0 Å². The van der Waals surface area contributed by atoms with Crippen molar-refractivity contribution in [3.63, 3.8) is 0 Å². The molecule has 0 aliphatic rings. The minimum absolute atomic E-state index is 0.0719. The van der Waals surface area contributed by atoms with E-state index in [0.29, 0.717) is 22.0 Å². The van der Waals surface area contributed by atoms with Crippen LogP contribution in [0.1, 0.15) is 10.4 Å². The predicted octanol–water partition coefficient (Wildman–Crippen LogP) is 6.06. The van der Waals surface area contributed by atoms with Crippen LogP contribution >= 0.6 is 11.6 Å². The molecule has 1 amide bonds. The van der Waals surface area contributed by atoms with Gasteiger partial charge in [0.1, 0.15) is 0 Å². The van der Waals surface area contributed by atoms with E-state index in [1.165, 1.54) is 18.2 Å². The largest absolute Gasteiger partial charge is 0.322 e. The third-order valence-corrected chi connectivity index (χ3v) is 6.39. The number of carbonyl (C=O) groups excluding carboxylic acids is 1. The molecule has 0 unspecified atom stereocenters. The van der Waals surface area contributed by atoms with Gasteiger partial charge in [-0.3, -0.25) is 9.52 Å². The smallest absolute Gasteiger partial charge is 0.261 e. The normalized spacial score (nSPS) is 11.0. The van der Waals surface area contributed by atoms with Crippen LogP contribution in [0.5, 0.6) is 0 Å². The van der Waals surface area contributed by atoms with Gasteiger partial charge in [-0.25, -0.2) is 8.42 Å². The zero-order chi connectivity index (χ0) is 22.6. The number of anilines is 2. The van der Waals surface area contributed by atoms with Crippen molar-refractivity contribution in [2.24, 2.45) is 0 Å². The lowest BCUT2D eigenvalue weighted by atomic mass is 10.0. The van der Waals surface area contributed by atoms with Crippen molar-refractivity contribution in [1.29, 1.82) is 0 Å². The van der Waals surface area contributed by atoms with Gasteiger partial charge in [0.2, 0.25) is 0 Å². The fraction of sp³-hybridized carbons (Fsp3) is 0. The van der Waals surface area contributed by atoms with Gasteiger partial charge in [0, 0.05) is 16.3 Å². The summed E-state index contributed by atoms with van der Waals surface area (Å²) >= 11 is 5.90. The van der Waals surface area contributed by atoms with E-state index in [-0.39, 0.29) is 10.8 Å². The van der Waals surface area contributed by atoms with Crippen LogP contribution in [0, 0.1) is 0 Å². The zero-order valence-corrected chi connectivity index (χ0v) is 18.4. The van der Waals surface area contributed by atoms with Gasteiger partial charge in [-0.05, 0) is 65.7 Å². The Morgan fingerprint density at radius 3 is 2.00 bits per heavy atom. The highest BCUT2D eigenvalue weighted by molar-refractivity contribution is 7.92. The van der Waals surface area contributed by atoms with Crippen molar-refractivity contribution in [2.75, 3.05) is 10.0 Å². The third-order valence-electron chi connectivity index (χ3n) is 4.75. The molecule has 2 N–H and O–H groups in total. The molecule has 160 valence electrons. The Labute approximate surface area is 191 Å². The molecule has 0 radical (unpaired) electrons. The molecule has 4 rings (SSSR count). The molecule has 5 nitrogen and oxygen atoms in total. The van der Waals surface area contributed by atoms with Crippen molar-refractivity contribution in [2.45, 2.75) is 4.90 Å². The monoisotopic (exact) mass is 462 g/mol. The number of sulfonamides is 1. The van der Waals surface area contributed by atoms with E-state index in [0.717, 1.165) is 11.1 Å². The Morgan fingerprint density at radius 2 is 1.34 bits per heavy atom. The van der Waals surface area contributed by atoms with E-state index in [1.54, 1.807) is 42.5 Å². The standard InChI is InChI=1S/C25H19ClN2O3S/c26-21-7-4-8-23(17-21)28-32(30,31)24-15-13-22(14-16-24)27-25(29)20-11-9-19(10-12-20)18-5-2-1-3-6-18/h1-17,28H,(H,27,29). The van der Waals surface area contributed by atoms with Crippen LogP contribution in [0.25, 0.3) is 11.1 Å². The summed E-state index contributed by atoms with van der Waals surface area (Å²) in [5, 5.41) is 3.21. The second kappa shape index (κ2) is 9.26. The summed E-state index contributed by atoms with van der Waals surface area (Å²) < 4.78 is 27.6. The Kier molecular flexibility index (Phi) is 6.25. The van der Waals surface area contributed by atoms with E-state index in [4.69, 9.17) is 11.6 Å². The molecule has 0 atom stereocenters. The first-order valence-electron chi connectivity index (χ1n) is 9.76. The van der Waals surface area contributed by atoms with Crippen LogP contribution in [-0.2, 0) is 10.0 Å². The van der Waals surface area contributed by atoms with Crippen LogP contribution in [0.15, 0.2) is 108 Å². The van der Waals surface area contributed by atoms with Crippen LogP contribution in [0.3, 0.4) is 0 Å². The van der Waals surface area contributed by atoms with Crippen LogP contribution in [0.2, 0.25) is 5.02 Å². The van der Waals surface area contributed by atoms with Crippen molar-refractivity contribution in [1.82, 2.24) is 0 Å². The topological polar surface area (TPSA) is 75.3 Å². The van der Waals surface area contributed by atoms with Gasteiger partial charge in [0.25, 0.3) is 15.9 Å². The number of hydrogen-bond acceptors (Lipinski definition) is 3. The Hall–Kier alpha value is -3.61. The third kappa shape index (κ3) is 5.17. The molecule has 0 saturated carbocycles. The summed E-state index contributed by atoms with van der Waals surface area (Å²) in [5.74, 6) is -0.280. The van der Waals surface area contributed by atoms with Crippen molar-refractivity contribution >= 4 is 38.9 Å². The summed E-state index contributed by atoms with van der Waals surface area (Å²) in [5.41, 5.74) is 3.45. The molecule has 0 aliphatic heterocycles. The number of rotatable bonds is 6. The van der Waals surface area contributed by atoms with E-state index < -0.39 is 10.0 Å². The lowest BCUT2D eigenvalue weighted by molar-refractivity contribution is 0.102. The number of benzene rings is 4. The highest BCUT2D eigenvalue weighted by Gasteiger charge is 2.15. The quantitative estimate of drug-likeness (QED) is 0.365. The van der Waals surface area contributed by atoms with E-state index in [1.807, 2.05) is 42.5 Å². The average molecular weight is 463 g/mol. The number of amides is 1. The van der Waals surface area contributed by atoms with Gasteiger partial charge in [0.05, 0.1) is 10.6 Å². The van der Waals surface area contributed by atoms with Crippen LogP contribution in [0.4, 0.5) is 11.4 Å². The molecule has 0 bridgehead atoms. The molecule has 0 spiro atoms. The second-order valence-corrected chi connectivity index (χ2v) is 9.16. The van der Waals surface area contributed by atoms with Gasteiger partial charge in [-0.15, -0.1) is 0 Å². The Morgan fingerprint density at radius 1 is 0.688 bits per heavy atom. The SMILES string of the molecule is O=C(Nc1ccc(S(=O)(=O)Nc2cccc(Cl)c2)cc1)c1ccc(-c2ccccc2)cc1. The predicted molar refractivity (Wildman–Crippen MR) is 129 cm³/mol. The van der Waals surface area contributed by atoms with E-state index in [2.05, 4.69) is 10.0 Å². The highest BCUT2D eigenvalue weighted by atomic mass is 35.5. The maximum atomic E-state index is 12.6. The molecular formula is C25H19ClN2O3S. The van der Waals surface area contributed by atoms with Crippen molar-refractivity contribution in [3.05, 3.63) is 114 Å². The van der Waals surface area contributed by atoms with Crippen LogP contribution in [-0.4, -0.2) is 14.3 Å². The summed E-state index contributed by atoms with van der Waals surface area (Å²) in [6.45, 7) is 0. The summed E-state index contributed by atoms with van der Waals surface area (Å²) in [6.07, 6.45) is 0. The average Bonchev–Trinajstić information content (AvgIpc) is 2.80. The van der Waals surface area contributed by atoms with E-state index in [9.17, 15) is 13.2 Å². The molecule has 0 fully saturated rings. The molecule has 7 heteroatoms. The maximum absolute atomic E-state index is 12.6. The van der Waals surface area contributed by atoms with Gasteiger partial charge < -0.3 is 5.32 Å². The van der Waals surface area contributed by atoms with Gasteiger partial charge in [-0.2, -0.15) is 0 Å². The molecule has 0 aliphatic carbocycles. The minimum atomic E-state index is -3.78. The molecule has 0 aromatic heterocycles. The summed E-state index contributed by atoms with van der Waals surface area (Å²) in [7, 11) is -3.78.